The largest absolute Gasteiger partial charge is 0.456 e. The van der Waals surface area contributed by atoms with Gasteiger partial charge < -0.3 is 8.83 Å². The van der Waals surface area contributed by atoms with Crippen LogP contribution in [0.5, 0.6) is 0 Å². The van der Waals surface area contributed by atoms with Gasteiger partial charge in [-0.1, -0.05) is 121 Å². The predicted octanol–water partition coefficient (Wildman–Crippen LogP) is 13.7. The van der Waals surface area contributed by atoms with E-state index in [1.54, 1.807) is 6.20 Å². The van der Waals surface area contributed by atoms with Crippen LogP contribution in [0.1, 0.15) is 0 Å². The molecule has 0 saturated carbocycles. The van der Waals surface area contributed by atoms with Crippen molar-refractivity contribution in [1.29, 1.82) is 0 Å². The monoisotopic (exact) mass is 717 g/mol. The number of hydrogen-bond donors (Lipinski definition) is 0. The van der Waals surface area contributed by atoms with Crippen LogP contribution < -0.4 is 0 Å². The second-order valence-corrected chi connectivity index (χ2v) is 14.0. The average molecular weight is 718 g/mol. The average Bonchev–Trinajstić information content (AvgIpc) is 3.86. The Morgan fingerprint density at radius 3 is 1.46 bits per heavy atom. The molecule has 4 aromatic heterocycles. The summed E-state index contributed by atoms with van der Waals surface area (Å²) in [7, 11) is 0. The fourth-order valence-corrected chi connectivity index (χ4v) is 7.94. The molecule has 4 heterocycles. The topological polar surface area (TPSA) is 65.0 Å². The van der Waals surface area contributed by atoms with Crippen molar-refractivity contribution in [3.8, 4) is 67.3 Å². The molecule has 0 amide bonds. The maximum atomic E-state index is 6.37. The summed E-state index contributed by atoms with van der Waals surface area (Å²) in [6.07, 6.45) is 3.67. The Morgan fingerprint density at radius 2 is 0.857 bits per heavy atom. The summed E-state index contributed by atoms with van der Waals surface area (Å²) >= 11 is 0. The van der Waals surface area contributed by atoms with Crippen LogP contribution in [-0.2, 0) is 0 Å². The molecule has 0 saturated heterocycles. The molecule has 5 heteroatoms. The van der Waals surface area contributed by atoms with Crippen LogP contribution in [0.15, 0.2) is 197 Å². The van der Waals surface area contributed by atoms with E-state index in [0.29, 0.717) is 5.82 Å². The molecule has 0 fully saturated rings. The van der Waals surface area contributed by atoms with Gasteiger partial charge in [0.1, 0.15) is 22.3 Å². The quantitative estimate of drug-likeness (QED) is 0.171. The number of aromatic nitrogens is 3. The number of rotatable bonds is 6. The minimum absolute atomic E-state index is 0.650. The smallest absolute Gasteiger partial charge is 0.160 e. The molecular weight excluding hydrogens is 687 g/mol. The standard InChI is InChI=1S/C51H31N3O2/c1-2-11-33(12-3-1)43-30-44(54-51(53-43)34-24-22-32(23-25-34)35-13-10-26-52-31-35)38-28-36(39-16-8-20-47-49(39)41-14-4-6-18-45(41)55-47)27-37(29-38)40-17-9-21-48-50(40)42-15-5-7-19-46(42)56-48/h1-31H. The maximum absolute atomic E-state index is 6.37. The third-order valence-corrected chi connectivity index (χ3v) is 10.6. The van der Waals surface area contributed by atoms with Crippen molar-refractivity contribution in [3.05, 3.63) is 188 Å². The summed E-state index contributed by atoms with van der Waals surface area (Å²) in [5, 5.41) is 4.33. The fraction of sp³-hybridized carbons (Fsp3) is 0. The Bertz CT molecular complexity index is 3110. The van der Waals surface area contributed by atoms with Crippen LogP contribution in [0.3, 0.4) is 0 Å². The Balaban J connectivity index is 1.16. The maximum Gasteiger partial charge on any atom is 0.160 e. The van der Waals surface area contributed by atoms with E-state index in [1.165, 1.54) is 0 Å². The molecule has 5 nitrogen and oxygen atoms in total. The molecule has 0 atom stereocenters. The number of fused-ring (bicyclic) bond motifs is 6. The van der Waals surface area contributed by atoms with E-state index in [0.717, 1.165) is 105 Å². The van der Waals surface area contributed by atoms with E-state index in [4.69, 9.17) is 18.8 Å². The van der Waals surface area contributed by atoms with Gasteiger partial charge in [0.25, 0.3) is 0 Å². The zero-order valence-corrected chi connectivity index (χ0v) is 30.1. The first kappa shape index (κ1) is 31.9. The Morgan fingerprint density at radius 1 is 0.339 bits per heavy atom. The third kappa shape index (κ3) is 5.45. The molecule has 0 unspecified atom stereocenters. The molecule has 11 rings (SSSR count). The highest BCUT2D eigenvalue weighted by Crippen LogP contribution is 2.43. The highest BCUT2D eigenvalue weighted by molar-refractivity contribution is 6.15. The highest BCUT2D eigenvalue weighted by Gasteiger charge is 2.19. The van der Waals surface area contributed by atoms with Crippen LogP contribution in [-0.4, -0.2) is 15.0 Å². The van der Waals surface area contributed by atoms with Gasteiger partial charge in [-0.05, 0) is 88.0 Å². The molecular formula is C51H31N3O2. The molecule has 0 aliphatic rings. The fourth-order valence-electron chi connectivity index (χ4n) is 7.94. The third-order valence-electron chi connectivity index (χ3n) is 10.6. The number of furan rings is 2. The lowest BCUT2D eigenvalue weighted by Gasteiger charge is -2.14. The Hall–Kier alpha value is -7.63. The van der Waals surface area contributed by atoms with Crippen LogP contribution in [0.4, 0.5) is 0 Å². The minimum Gasteiger partial charge on any atom is -0.456 e. The zero-order valence-electron chi connectivity index (χ0n) is 30.1. The molecule has 56 heavy (non-hydrogen) atoms. The lowest BCUT2D eigenvalue weighted by Crippen LogP contribution is -1.97. The first-order valence-electron chi connectivity index (χ1n) is 18.7. The molecule has 7 aromatic carbocycles. The molecule has 262 valence electrons. The van der Waals surface area contributed by atoms with Gasteiger partial charge in [0, 0.05) is 50.6 Å². The summed E-state index contributed by atoms with van der Waals surface area (Å²) in [5.74, 6) is 0.650. The molecule has 0 bridgehead atoms. The second-order valence-electron chi connectivity index (χ2n) is 14.0. The first-order chi connectivity index (χ1) is 27.7. The van der Waals surface area contributed by atoms with Gasteiger partial charge in [-0.2, -0.15) is 0 Å². The predicted molar refractivity (Wildman–Crippen MR) is 227 cm³/mol. The van der Waals surface area contributed by atoms with Gasteiger partial charge in [-0.3, -0.25) is 4.98 Å². The minimum atomic E-state index is 0.650. The normalized spacial score (nSPS) is 11.6. The van der Waals surface area contributed by atoms with Crippen molar-refractivity contribution in [2.75, 3.05) is 0 Å². The second kappa shape index (κ2) is 13.0. The van der Waals surface area contributed by atoms with E-state index in [9.17, 15) is 0 Å². The van der Waals surface area contributed by atoms with E-state index in [1.807, 2.05) is 66.9 Å². The van der Waals surface area contributed by atoms with Gasteiger partial charge in [0.2, 0.25) is 0 Å². The molecule has 0 N–H and O–H groups in total. The summed E-state index contributed by atoms with van der Waals surface area (Å²) in [6.45, 7) is 0. The van der Waals surface area contributed by atoms with Crippen LogP contribution in [0.25, 0.3) is 111 Å². The molecule has 0 spiro atoms. The highest BCUT2D eigenvalue weighted by atomic mass is 16.3. The summed E-state index contributed by atoms with van der Waals surface area (Å²) < 4.78 is 12.7. The van der Waals surface area contributed by atoms with Crippen molar-refractivity contribution in [3.63, 3.8) is 0 Å². The number of pyridine rings is 1. The van der Waals surface area contributed by atoms with Crippen molar-refractivity contribution < 1.29 is 8.83 Å². The number of para-hydroxylation sites is 2. The van der Waals surface area contributed by atoms with Gasteiger partial charge in [-0.25, -0.2) is 9.97 Å². The van der Waals surface area contributed by atoms with E-state index in [-0.39, 0.29) is 0 Å². The van der Waals surface area contributed by atoms with E-state index >= 15 is 0 Å². The lowest BCUT2D eigenvalue weighted by atomic mass is 9.91. The Kier molecular flexibility index (Phi) is 7.42. The van der Waals surface area contributed by atoms with Gasteiger partial charge in [0.15, 0.2) is 5.82 Å². The first-order valence-corrected chi connectivity index (χ1v) is 18.7. The number of hydrogen-bond acceptors (Lipinski definition) is 5. The summed E-state index contributed by atoms with van der Waals surface area (Å²) in [5.41, 5.74) is 14.4. The van der Waals surface area contributed by atoms with Crippen LogP contribution in [0, 0.1) is 0 Å². The molecule has 0 aliphatic heterocycles. The van der Waals surface area contributed by atoms with Gasteiger partial charge in [0.05, 0.1) is 11.4 Å². The van der Waals surface area contributed by atoms with E-state index in [2.05, 4.69) is 120 Å². The summed E-state index contributed by atoms with van der Waals surface area (Å²) in [4.78, 5) is 14.8. The zero-order chi connectivity index (χ0) is 37.0. The van der Waals surface area contributed by atoms with Crippen molar-refractivity contribution >= 4 is 43.9 Å². The number of nitrogens with zero attached hydrogens (tertiary/aromatic N) is 3. The van der Waals surface area contributed by atoms with Crippen molar-refractivity contribution in [1.82, 2.24) is 15.0 Å². The molecule has 0 radical (unpaired) electrons. The van der Waals surface area contributed by atoms with Crippen molar-refractivity contribution in [2.24, 2.45) is 0 Å². The SMILES string of the molecule is c1ccc(-c2cc(-c3cc(-c4cccc5oc6ccccc6c45)cc(-c4cccc5oc6ccccc6c45)c3)nc(-c3ccc(-c4cccnc4)cc3)n2)cc1. The van der Waals surface area contributed by atoms with Crippen LogP contribution in [0.2, 0.25) is 0 Å². The van der Waals surface area contributed by atoms with E-state index < -0.39 is 0 Å². The van der Waals surface area contributed by atoms with Gasteiger partial charge in [-0.15, -0.1) is 0 Å². The Labute approximate surface area is 322 Å². The molecule has 11 aromatic rings. The lowest BCUT2D eigenvalue weighted by molar-refractivity contribution is 0.668. The molecule has 0 aliphatic carbocycles. The van der Waals surface area contributed by atoms with Crippen LogP contribution >= 0.6 is 0 Å². The van der Waals surface area contributed by atoms with Gasteiger partial charge >= 0.3 is 0 Å². The summed E-state index contributed by atoms with van der Waals surface area (Å²) in [6, 6.07) is 60.7. The van der Waals surface area contributed by atoms with Crippen molar-refractivity contribution in [2.45, 2.75) is 0 Å². The number of benzene rings is 7.